The monoisotopic (exact) mass is 708 g/mol. The van der Waals surface area contributed by atoms with Gasteiger partial charge in [-0.3, -0.25) is 14.4 Å². The maximum atomic E-state index is 13.1. The molecule has 0 aliphatic rings. The molecule has 0 aromatic rings. The molecule has 6 nitrogen and oxygen atoms in total. The Morgan fingerprint density at radius 1 is 0.551 bits per heavy atom. The predicted octanol–water partition coefficient (Wildman–Crippen LogP) is 11.9. The van der Waals surface area contributed by atoms with Crippen molar-refractivity contribution in [1.29, 1.82) is 0 Å². The molecule has 0 radical (unpaired) electrons. The minimum atomic E-state index is -0.581. The normalized spacial score (nSPS) is 13.7. The Hall–Kier alpha value is -1.52. The third-order valence-corrected chi connectivity index (χ3v) is 11.5. The van der Waals surface area contributed by atoms with Crippen LogP contribution in [0.4, 0.5) is 0 Å². The average molecular weight is 708 g/mol. The van der Waals surface area contributed by atoms with E-state index in [4.69, 9.17) is 9.47 Å². The minimum Gasteiger partial charge on any atom is -0.458 e. The molecular formula is C42H78NO5P. The SMILES string of the molecule is CCCCCCC=CC(C)OC(=O)CCCCCCCP(CCCCCCCC(=O)OC(C)C=CCCCCCC)C(=O)CCCN(C)C. The maximum Gasteiger partial charge on any atom is 0.306 e. The molecule has 0 N–H and O–H groups in total. The van der Waals surface area contributed by atoms with Gasteiger partial charge >= 0.3 is 11.9 Å². The van der Waals surface area contributed by atoms with Crippen molar-refractivity contribution in [2.45, 2.75) is 194 Å². The lowest BCUT2D eigenvalue weighted by molar-refractivity contribution is -0.147. The first-order valence-electron chi connectivity index (χ1n) is 20.3. The van der Waals surface area contributed by atoms with Gasteiger partial charge in [-0.2, -0.15) is 0 Å². The largest absolute Gasteiger partial charge is 0.458 e. The van der Waals surface area contributed by atoms with E-state index < -0.39 is 7.92 Å². The Balaban J connectivity index is 4.21. The van der Waals surface area contributed by atoms with E-state index in [1.807, 2.05) is 26.0 Å². The third-order valence-electron chi connectivity index (χ3n) is 8.86. The van der Waals surface area contributed by atoms with Crippen molar-refractivity contribution in [1.82, 2.24) is 4.90 Å². The second-order valence-electron chi connectivity index (χ2n) is 14.3. The standard InChI is InChI=1S/C42H78NO5P/c1-7-9-11-13-17-23-30-38(3)47-40(44)32-25-19-15-21-27-36-49(42(46)34-29-35-43(5)6)37-28-22-16-20-26-33-41(45)48-39(4)31-24-18-14-12-10-8-2/h23-24,30-31,38-39H,7-22,25-29,32-37H2,1-6H3. The van der Waals surface area contributed by atoms with Crippen LogP contribution in [0.3, 0.4) is 0 Å². The third kappa shape index (κ3) is 33.4. The van der Waals surface area contributed by atoms with E-state index in [-0.39, 0.29) is 24.1 Å². The fourth-order valence-electron chi connectivity index (χ4n) is 5.84. The summed E-state index contributed by atoms with van der Waals surface area (Å²) >= 11 is 0. The van der Waals surface area contributed by atoms with Crippen LogP contribution in [0.2, 0.25) is 0 Å². The zero-order chi connectivity index (χ0) is 36.4. The summed E-state index contributed by atoms with van der Waals surface area (Å²) in [6, 6.07) is 0. The van der Waals surface area contributed by atoms with Crippen LogP contribution < -0.4 is 0 Å². The highest BCUT2D eigenvalue weighted by atomic mass is 31.1. The molecular weight excluding hydrogens is 629 g/mol. The number of nitrogens with zero attached hydrogens (tertiary/aromatic N) is 1. The Labute approximate surface area is 304 Å². The van der Waals surface area contributed by atoms with E-state index in [9.17, 15) is 14.4 Å². The van der Waals surface area contributed by atoms with Crippen molar-refractivity contribution >= 4 is 25.4 Å². The zero-order valence-electron chi connectivity index (χ0n) is 33.0. The minimum absolute atomic E-state index is 0.0965. The van der Waals surface area contributed by atoms with Gasteiger partial charge in [-0.25, -0.2) is 0 Å². The second-order valence-corrected chi connectivity index (χ2v) is 16.7. The van der Waals surface area contributed by atoms with E-state index in [0.29, 0.717) is 24.8 Å². The first-order chi connectivity index (χ1) is 23.7. The zero-order valence-corrected chi connectivity index (χ0v) is 33.9. The lowest BCUT2D eigenvalue weighted by Crippen LogP contribution is -2.14. The summed E-state index contributed by atoms with van der Waals surface area (Å²) in [5.41, 5.74) is 0.496. The smallest absolute Gasteiger partial charge is 0.306 e. The van der Waals surface area contributed by atoms with Crippen LogP contribution in [0, 0.1) is 0 Å². The van der Waals surface area contributed by atoms with E-state index in [1.54, 1.807) is 0 Å². The van der Waals surface area contributed by atoms with Crippen LogP contribution in [-0.4, -0.2) is 67.5 Å². The molecule has 0 aromatic heterocycles. The number of carbonyl (C=O) groups is 3. The Morgan fingerprint density at radius 3 is 1.39 bits per heavy atom. The van der Waals surface area contributed by atoms with Crippen molar-refractivity contribution < 1.29 is 23.9 Å². The van der Waals surface area contributed by atoms with Crippen LogP contribution in [0.5, 0.6) is 0 Å². The number of unbranched alkanes of at least 4 members (excludes halogenated alkanes) is 16. The molecule has 286 valence electrons. The molecule has 0 amide bonds. The van der Waals surface area contributed by atoms with E-state index in [1.165, 1.54) is 51.4 Å². The quantitative estimate of drug-likeness (QED) is 0.0283. The summed E-state index contributed by atoms with van der Waals surface area (Å²) in [6.07, 6.45) is 35.3. The van der Waals surface area contributed by atoms with Crippen molar-refractivity contribution in [2.24, 2.45) is 0 Å². The molecule has 2 atom stereocenters. The van der Waals surface area contributed by atoms with Crippen LogP contribution in [0.1, 0.15) is 182 Å². The summed E-state index contributed by atoms with van der Waals surface area (Å²) in [7, 11) is 3.55. The number of hydrogen-bond donors (Lipinski definition) is 0. The van der Waals surface area contributed by atoms with Gasteiger partial charge in [0.25, 0.3) is 0 Å². The van der Waals surface area contributed by atoms with Gasteiger partial charge in [0.15, 0.2) is 5.52 Å². The summed E-state index contributed by atoms with van der Waals surface area (Å²) in [5, 5.41) is 0. The topological polar surface area (TPSA) is 72.9 Å². The first-order valence-corrected chi connectivity index (χ1v) is 22.1. The molecule has 0 aliphatic heterocycles. The highest BCUT2D eigenvalue weighted by molar-refractivity contribution is 7.74. The van der Waals surface area contributed by atoms with Gasteiger partial charge in [0.2, 0.25) is 0 Å². The summed E-state index contributed by atoms with van der Waals surface area (Å²) in [4.78, 5) is 39.7. The summed E-state index contributed by atoms with van der Waals surface area (Å²) in [5.74, 6) is -0.193. The number of hydrogen-bond acceptors (Lipinski definition) is 6. The first kappa shape index (κ1) is 47.5. The van der Waals surface area contributed by atoms with Gasteiger partial charge in [0.05, 0.1) is 0 Å². The van der Waals surface area contributed by atoms with Gasteiger partial charge < -0.3 is 14.4 Å². The van der Waals surface area contributed by atoms with Gasteiger partial charge in [-0.15, -0.1) is 0 Å². The van der Waals surface area contributed by atoms with Crippen LogP contribution in [0.25, 0.3) is 0 Å². The molecule has 0 heterocycles. The predicted molar refractivity (Wildman–Crippen MR) is 212 cm³/mol. The molecule has 0 spiro atoms. The molecule has 49 heavy (non-hydrogen) atoms. The van der Waals surface area contributed by atoms with E-state index >= 15 is 0 Å². The molecule has 7 heteroatoms. The number of allylic oxidation sites excluding steroid dienone is 2. The number of carbonyl (C=O) groups excluding carboxylic acids is 3. The molecule has 0 aromatic carbocycles. The van der Waals surface area contributed by atoms with Crippen molar-refractivity contribution in [2.75, 3.05) is 33.0 Å². The molecule has 0 saturated heterocycles. The molecule has 0 aliphatic carbocycles. The van der Waals surface area contributed by atoms with Crippen LogP contribution >= 0.6 is 7.92 Å². The van der Waals surface area contributed by atoms with E-state index in [2.05, 4.69) is 45.0 Å². The van der Waals surface area contributed by atoms with E-state index in [0.717, 1.165) is 102 Å². The fraction of sp³-hybridized carbons (Fsp3) is 0.833. The van der Waals surface area contributed by atoms with Crippen LogP contribution in [-0.2, 0) is 23.9 Å². The lowest BCUT2D eigenvalue weighted by Gasteiger charge is -2.17. The van der Waals surface area contributed by atoms with Gasteiger partial charge in [-0.05, 0) is 125 Å². The highest BCUT2D eigenvalue weighted by Gasteiger charge is 2.17. The molecule has 0 bridgehead atoms. The van der Waals surface area contributed by atoms with Crippen molar-refractivity contribution in [3.63, 3.8) is 0 Å². The van der Waals surface area contributed by atoms with Gasteiger partial charge in [0, 0.05) is 19.3 Å². The molecule has 0 rings (SSSR count). The van der Waals surface area contributed by atoms with Crippen molar-refractivity contribution in [3.05, 3.63) is 24.3 Å². The lowest BCUT2D eigenvalue weighted by atomic mass is 10.1. The van der Waals surface area contributed by atoms with Gasteiger partial charge in [-0.1, -0.05) is 103 Å². The fourth-order valence-corrected chi connectivity index (χ4v) is 8.24. The summed E-state index contributed by atoms with van der Waals surface area (Å²) in [6.45, 7) is 9.28. The van der Waals surface area contributed by atoms with Crippen molar-refractivity contribution in [3.8, 4) is 0 Å². The van der Waals surface area contributed by atoms with Gasteiger partial charge in [0.1, 0.15) is 12.2 Å². The molecule has 0 fully saturated rings. The number of rotatable bonds is 35. The Morgan fingerprint density at radius 2 is 0.959 bits per heavy atom. The second kappa shape index (κ2) is 34.9. The highest BCUT2D eigenvalue weighted by Crippen LogP contribution is 2.40. The Bertz CT molecular complexity index is 802. The summed E-state index contributed by atoms with van der Waals surface area (Å²) < 4.78 is 11.1. The molecule has 2 unspecified atom stereocenters. The Kier molecular flexibility index (Phi) is 33.8. The number of esters is 2. The molecule has 0 saturated carbocycles. The van der Waals surface area contributed by atoms with Crippen LogP contribution in [0.15, 0.2) is 24.3 Å². The average Bonchev–Trinajstić information content (AvgIpc) is 3.05. The maximum absolute atomic E-state index is 13.1. The number of ether oxygens (including phenoxy) is 2.